The molecule has 152 valence electrons. The van der Waals surface area contributed by atoms with E-state index < -0.39 is 18.8 Å². The van der Waals surface area contributed by atoms with Gasteiger partial charge in [-0.1, -0.05) is 42.5 Å². The lowest BCUT2D eigenvalue weighted by molar-refractivity contribution is -0.154. The molecule has 0 saturated heterocycles. The van der Waals surface area contributed by atoms with E-state index in [0.29, 0.717) is 18.8 Å². The molecule has 1 heterocycles. The molecule has 10 heteroatoms. The molecule has 0 aliphatic rings. The predicted octanol–water partition coefficient (Wildman–Crippen LogP) is 3.63. The zero-order valence-electron chi connectivity index (χ0n) is 15.3. The van der Waals surface area contributed by atoms with E-state index in [1.165, 1.54) is 0 Å². The lowest BCUT2D eigenvalue weighted by Gasteiger charge is -2.12. The Morgan fingerprint density at radius 1 is 0.862 bits per heavy atom. The minimum Gasteiger partial charge on any atom is -0.454 e. The maximum Gasteiger partial charge on any atom is 0.422 e. The molecule has 7 nitrogen and oxygen atoms in total. The molecule has 0 spiro atoms. The molecule has 0 unspecified atom stereocenters. The van der Waals surface area contributed by atoms with Gasteiger partial charge in [-0.15, -0.1) is 0 Å². The number of nitrogens with one attached hydrogen (secondary N) is 2. The van der Waals surface area contributed by atoms with Crippen LogP contribution in [0.4, 0.5) is 30.8 Å². The van der Waals surface area contributed by atoms with E-state index in [1.807, 2.05) is 42.5 Å². The van der Waals surface area contributed by atoms with Crippen LogP contribution in [-0.2, 0) is 13.1 Å². The number of hydrogen-bond acceptors (Lipinski definition) is 7. The molecule has 0 saturated carbocycles. The SMILES string of the molecule is NCc1ccc(Nc2nc(NCc3ccccc3)nc(OCC(F)(F)F)n2)cc1. The fourth-order valence-corrected chi connectivity index (χ4v) is 2.33. The summed E-state index contributed by atoms with van der Waals surface area (Å²) in [5, 5.41) is 5.89. The lowest BCUT2D eigenvalue weighted by Crippen LogP contribution is -2.21. The Morgan fingerprint density at radius 2 is 1.55 bits per heavy atom. The van der Waals surface area contributed by atoms with Gasteiger partial charge < -0.3 is 21.1 Å². The molecular weight excluding hydrogens is 385 g/mol. The van der Waals surface area contributed by atoms with Crippen LogP contribution in [0.1, 0.15) is 11.1 Å². The number of ether oxygens (including phenoxy) is 1. The average Bonchev–Trinajstić information content (AvgIpc) is 2.71. The van der Waals surface area contributed by atoms with Crippen LogP contribution < -0.4 is 21.1 Å². The van der Waals surface area contributed by atoms with Crippen molar-refractivity contribution in [1.29, 1.82) is 0 Å². The molecule has 3 rings (SSSR count). The van der Waals surface area contributed by atoms with Crippen LogP contribution in [0.25, 0.3) is 0 Å². The van der Waals surface area contributed by atoms with Gasteiger partial charge in [-0.2, -0.15) is 28.1 Å². The number of aromatic nitrogens is 3. The number of anilines is 3. The number of nitrogens with zero attached hydrogens (tertiary/aromatic N) is 3. The fraction of sp³-hybridized carbons (Fsp3) is 0.211. The van der Waals surface area contributed by atoms with E-state index >= 15 is 0 Å². The normalized spacial score (nSPS) is 11.2. The van der Waals surface area contributed by atoms with E-state index in [0.717, 1.165) is 11.1 Å². The first-order valence-electron chi connectivity index (χ1n) is 8.71. The first-order chi connectivity index (χ1) is 13.9. The Morgan fingerprint density at radius 3 is 2.21 bits per heavy atom. The second kappa shape index (κ2) is 9.20. The predicted molar refractivity (Wildman–Crippen MR) is 103 cm³/mol. The van der Waals surface area contributed by atoms with Crippen LogP contribution in [0.3, 0.4) is 0 Å². The number of nitrogens with two attached hydrogens (primary N) is 1. The highest BCUT2D eigenvalue weighted by molar-refractivity contribution is 5.54. The highest BCUT2D eigenvalue weighted by Crippen LogP contribution is 2.20. The zero-order chi connectivity index (χ0) is 20.7. The molecule has 4 N–H and O–H groups in total. The van der Waals surface area contributed by atoms with Crippen LogP contribution >= 0.6 is 0 Å². The summed E-state index contributed by atoms with van der Waals surface area (Å²) in [5.41, 5.74) is 8.11. The van der Waals surface area contributed by atoms with Gasteiger partial charge in [-0.05, 0) is 23.3 Å². The summed E-state index contributed by atoms with van der Waals surface area (Å²) in [6, 6.07) is 16.2. The van der Waals surface area contributed by atoms with Crippen molar-refractivity contribution in [3.8, 4) is 6.01 Å². The smallest absolute Gasteiger partial charge is 0.422 e. The van der Waals surface area contributed by atoms with E-state index in [9.17, 15) is 13.2 Å². The number of halogens is 3. The van der Waals surface area contributed by atoms with Gasteiger partial charge in [0.25, 0.3) is 0 Å². The van der Waals surface area contributed by atoms with Crippen molar-refractivity contribution in [2.75, 3.05) is 17.2 Å². The minimum atomic E-state index is -4.50. The van der Waals surface area contributed by atoms with Crippen LogP contribution in [-0.4, -0.2) is 27.7 Å². The third-order valence-electron chi connectivity index (χ3n) is 3.72. The summed E-state index contributed by atoms with van der Waals surface area (Å²) in [6.07, 6.45) is -4.50. The fourth-order valence-electron chi connectivity index (χ4n) is 2.33. The number of benzene rings is 2. The van der Waals surface area contributed by atoms with Crippen LogP contribution in [0.15, 0.2) is 54.6 Å². The van der Waals surface area contributed by atoms with E-state index in [-0.39, 0.29) is 11.9 Å². The Bertz CT molecular complexity index is 919. The summed E-state index contributed by atoms with van der Waals surface area (Å²) in [7, 11) is 0. The van der Waals surface area contributed by atoms with Crippen LogP contribution in [0.5, 0.6) is 6.01 Å². The van der Waals surface area contributed by atoms with Crippen molar-refractivity contribution < 1.29 is 17.9 Å². The Labute approximate surface area is 165 Å². The summed E-state index contributed by atoms with van der Waals surface area (Å²) in [4.78, 5) is 12.0. The van der Waals surface area contributed by atoms with E-state index in [2.05, 4.69) is 25.6 Å². The van der Waals surface area contributed by atoms with Crippen molar-refractivity contribution in [1.82, 2.24) is 15.0 Å². The minimum absolute atomic E-state index is 0.0493. The zero-order valence-corrected chi connectivity index (χ0v) is 15.3. The quantitative estimate of drug-likeness (QED) is 0.527. The average molecular weight is 404 g/mol. The van der Waals surface area contributed by atoms with Gasteiger partial charge in [0.15, 0.2) is 6.61 Å². The molecule has 0 aliphatic heterocycles. The first kappa shape index (κ1) is 20.3. The van der Waals surface area contributed by atoms with Gasteiger partial charge in [0.1, 0.15) is 0 Å². The number of alkyl halides is 3. The van der Waals surface area contributed by atoms with Gasteiger partial charge in [-0.25, -0.2) is 0 Å². The maximum atomic E-state index is 12.5. The van der Waals surface area contributed by atoms with E-state index in [1.54, 1.807) is 12.1 Å². The molecule has 29 heavy (non-hydrogen) atoms. The molecule has 0 bridgehead atoms. The second-order valence-electron chi connectivity index (χ2n) is 6.03. The van der Waals surface area contributed by atoms with Crippen molar-refractivity contribution in [3.63, 3.8) is 0 Å². The van der Waals surface area contributed by atoms with E-state index in [4.69, 9.17) is 10.5 Å². The largest absolute Gasteiger partial charge is 0.454 e. The number of rotatable bonds is 8. The highest BCUT2D eigenvalue weighted by Gasteiger charge is 2.29. The van der Waals surface area contributed by atoms with Gasteiger partial charge in [0.05, 0.1) is 0 Å². The Hall–Kier alpha value is -3.40. The van der Waals surface area contributed by atoms with Gasteiger partial charge in [0.2, 0.25) is 11.9 Å². The third-order valence-corrected chi connectivity index (χ3v) is 3.72. The van der Waals surface area contributed by atoms with Crippen molar-refractivity contribution in [2.24, 2.45) is 5.73 Å². The molecule has 0 atom stereocenters. The summed E-state index contributed by atoms with van der Waals surface area (Å²) in [6.45, 7) is -0.719. The third kappa shape index (κ3) is 6.61. The molecule has 1 aromatic heterocycles. The summed E-state index contributed by atoms with van der Waals surface area (Å²) in [5.74, 6) is 0.135. The Kier molecular flexibility index (Phi) is 6.45. The Balaban J connectivity index is 1.78. The lowest BCUT2D eigenvalue weighted by atomic mass is 10.2. The molecular formula is C19H19F3N6O. The van der Waals surface area contributed by atoms with Crippen molar-refractivity contribution in [2.45, 2.75) is 19.3 Å². The molecule has 3 aromatic rings. The first-order valence-corrected chi connectivity index (χ1v) is 8.71. The van der Waals surface area contributed by atoms with Gasteiger partial charge in [0, 0.05) is 18.8 Å². The van der Waals surface area contributed by atoms with Crippen LogP contribution in [0.2, 0.25) is 0 Å². The molecule has 0 amide bonds. The molecule has 2 aromatic carbocycles. The van der Waals surface area contributed by atoms with Crippen molar-refractivity contribution >= 4 is 17.6 Å². The summed E-state index contributed by atoms with van der Waals surface area (Å²) < 4.78 is 42.2. The van der Waals surface area contributed by atoms with Gasteiger partial charge in [-0.3, -0.25) is 0 Å². The number of hydrogen-bond donors (Lipinski definition) is 3. The maximum absolute atomic E-state index is 12.5. The topological polar surface area (TPSA) is 98.0 Å². The van der Waals surface area contributed by atoms with Crippen LogP contribution in [0, 0.1) is 0 Å². The molecule has 0 aliphatic carbocycles. The molecule has 0 fully saturated rings. The standard InChI is InChI=1S/C19H19F3N6O/c20-19(21,22)12-29-18-27-16(24-11-14-4-2-1-3-5-14)26-17(28-18)25-15-8-6-13(10-23)7-9-15/h1-9H,10-12,23H2,(H2,24,25,26,27,28). The highest BCUT2D eigenvalue weighted by atomic mass is 19.4. The molecule has 0 radical (unpaired) electrons. The summed E-state index contributed by atoms with van der Waals surface area (Å²) >= 11 is 0. The monoisotopic (exact) mass is 404 g/mol. The second-order valence-corrected chi connectivity index (χ2v) is 6.03. The van der Waals surface area contributed by atoms with Crippen molar-refractivity contribution in [3.05, 3.63) is 65.7 Å². The van der Waals surface area contributed by atoms with Gasteiger partial charge >= 0.3 is 12.2 Å².